The number of hydrogen-bond acceptors (Lipinski definition) is 4. The van der Waals surface area contributed by atoms with Crippen molar-refractivity contribution in [3.05, 3.63) is 114 Å². The van der Waals surface area contributed by atoms with Crippen LogP contribution in [0.1, 0.15) is 137 Å². The summed E-state index contributed by atoms with van der Waals surface area (Å²) in [6, 6.07) is 22.8. The van der Waals surface area contributed by atoms with Crippen molar-refractivity contribution < 1.29 is 14.3 Å². The molecule has 1 aliphatic rings. The Morgan fingerprint density at radius 2 is 1.13 bits per heavy atom. The molecule has 0 bridgehead atoms. The normalized spacial score (nSPS) is 12.7. The first kappa shape index (κ1) is 35.9. The Balaban J connectivity index is 1.02. The zero-order valence-electron chi connectivity index (χ0n) is 28.6. The first-order chi connectivity index (χ1) is 23.2. The highest BCUT2D eigenvalue weighted by molar-refractivity contribution is 5.91. The van der Waals surface area contributed by atoms with Crippen molar-refractivity contribution in [1.82, 2.24) is 0 Å². The van der Waals surface area contributed by atoms with Crippen molar-refractivity contribution in [2.75, 3.05) is 6.61 Å². The van der Waals surface area contributed by atoms with Crippen LogP contribution < -0.4 is 9.47 Å². The molecule has 4 rings (SSSR count). The minimum Gasteiger partial charge on any atom is -0.494 e. The smallest absolute Gasteiger partial charge is 0.343 e. The molecule has 250 valence electrons. The molecule has 0 saturated carbocycles. The van der Waals surface area contributed by atoms with Crippen LogP contribution in [0.5, 0.6) is 11.5 Å². The molecule has 0 N–H and O–H groups in total. The van der Waals surface area contributed by atoms with Crippen molar-refractivity contribution in [1.29, 1.82) is 0 Å². The van der Waals surface area contributed by atoms with Crippen molar-refractivity contribution in [2.45, 2.75) is 116 Å². The van der Waals surface area contributed by atoms with E-state index in [0.717, 1.165) is 30.0 Å². The van der Waals surface area contributed by atoms with Crippen LogP contribution in [0.15, 0.2) is 102 Å². The third-order valence-electron chi connectivity index (χ3n) is 8.84. The van der Waals surface area contributed by atoms with Crippen molar-refractivity contribution in [3.8, 4) is 11.5 Å². The predicted octanol–water partition coefficient (Wildman–Crippen LogP) is 12.5. The lowest BCUT2D eigenvalue weighted by atomic mass is 10.0. The lowest BCUT2D eigenvalue weighted by Crippen LogP contribution is -2.08. The van der Waals surface area contributed by atoms with Gasteiger partial charge in [0.2, 0.25) is 0 Å². The maximum atomic E-state index is 12.6. The van der Waals surface area contributed by atoms with Gasteiger partial charge in [0.05, 0.1) is 17.9 Å². The maximum absolute atomic E-state index is 12.6. The molecule has 0 heterocycles. The van der Waals surface area contributed by atoms with Gasteiger partial charge in [0.25, 0.3) is 0 Å². The fraction of sp³-hybridized carbons (Fsp3) is 0.442. The Kier molecular flexibility index (Phi) is 16.7. The first-order valence-electron chi connectivity index (χ1n) is 18.3. The number of carbonyl (C=O) groups is 1. The Hall–Kier alpha value is -3.92. The maximum Gasteiger partial charge on any atom is 0.343 e. The molecule has 3 aromatic carbocycles. The Morgan fingerprint density at radius 1 is 0.617 bits per heavy atom. The summed E-state index contributed by atoms with van der Waals surface area (Å²) in [6.07, 6.45) is 32.2. The monoisotopic (exact) mass is 633 g/mol. The van der Waals surface area contributed by atoms with Gasteiger partial charge in [-0.15, -0.1) is 0 Å². The molecule has 0 saturated heterocycles. The average molecular weight is 634 g/mol. The highest BCUT2D eigenvalue weighted by atomic mass is 16.5. The molecule has 3 aromatic rings. The average Bonchev–Trinajstić information content (AvgIpc) is 3.65. The summed E-state index contributed by atoms with van der Waals surface area (Å²) in [4.78, 5) is 17.2. The molecule has 0 radical (unpaired) electrons. The van der Waals surface area contributed by atoms with E-state index in [4.69, 9.17) is 9.47 Å². The van der Waals surface area contributed by atoms with Crippen LogP contribution in [0.4, 0.5) is 5.69 Å². The number of unbranched alkanes of at least 4 members (excludes halogenated alkanes) is 15. The quantitative estimate of drug-likeness (QED) is 0.0452. The number of benzene rings is 3. The number of allylic oxidation sites excluding steroid dienone is 4. The van der Waals surface area contributed by atoms with Crippen LogP contribution in [-0.4, -0.2) is 18.8 Å². The molecule has 4 heteroatoms. The molecule has 0 fully saturated rings. The number of carbonyl (C=O) groups excluding carboxylic acids is 1. The number of hydrogen-bond donors (Lipinski definition) is 0. The number of aliphatic imine (C=N–C) groups is 1. The molecule has 1 aliphatic carbocycles. The minimum absolute atomic E-state index is 0.289. The lowest BCUT2D eigenvalue weighted by molar-refractivity contribution is 0.0734. The summed E-state index contributed by atoms with van der Waals surface area (Å²) in [5.74, 6) is 1.33. The number of ether oxygens (including phenoxy) is 2. The topological polar surface area (TPSA) is 47.9 Å². The van der Waals surface area contributed by atoms with Gasteiger partial charge in [0, 0.05) is 12.1 Å². The standard InChI is InChI=1S/C43H55NO3/c1-2-3-4-5-6-7-8-9-10-11-12-13-14-15-16-19-34-46-41-30-22-36(23-31-41)35-44-40-28-24-39(25-29-40)43(45)47-42-32-26-38(27-33-42)37-20-17-18-21-37/h17-18,20-33,35,37H,2-16,19,34H2,1H3. The first-order valence-corrected chi connectivity index (χ1v) is 18.3. The van der Waals surface area contributed by atoms with E-state index in [2.05, 4.69) is 24.1 Å². The van der Waals surface area contributed by atoms with Gasteiger partial charge in [-0.2, -0.15) is 0 Å². The Morgan fingerprint density at radius 3 is 1.68 bits per heavy atom. The van der Waals surface area contributed by atoms with Gasteiger partial charge < -0.3 is 9.47 Å². The largest absolute Gasteiger partial charge is 0.494 e. The summed E-state index contributed by atoms with van der Waals surface area (Å²) in [7, 11) is 0. The molecular formula is C43H55NO3. The highest BCUT2D eigenvalue weighted by Crippen LogP contribution is 2.25. The zero-order valence-corrected chi connectivity index (χ0v) is 28.6. The van der Waals surface area contributed by atoms with Gasteiger partial charge >= 0.3 is 5.97 Å². The van der Waals surface area contributed by atoms with E-state index in [1.165, 1.54) is 102 Å². The molecule has 0 unspecified atom stereocenters. The van der Waals surface area contributed by atoms with Crippen molar-refractivity contribution in [3.63, 3.8) is 0 Å². The van der Waals surface area contributed by atoms with E-state index in [1.54, 1.807) is 12.1 Å². The van der Waals surface area contributed by atoms with E-state index in [-0.39, 0.29) is 11.9 Å². The van der Waals surface area contributed by atoms with Crippen LogP contribution in [0.3, 0.4) is 0 Å². The zero-order chi connectivity index (χ0) is 32.8. The van der Waals surface area contributed by atoms with Crippen LogP contribution >= 0.6 is 0 Å². The second-order valence-electron chi connectivity index (χ2n) is 12.8. The third-order valence-corrected chi connectivity index (χ3v) is 8.84. The number of rotatable bonds is 23. The third kappa shape index (κ3) is 14.2. The SMILES string of the molecule is CCCCCCCCCCCCCCCCCCOc1ccc(C=Nc2ccc(C(=O)Oc3ccc(C4C=CC=C4)cc3)cc2)cc1. The molecule has 0 aromatic heterocycles. The minimum atomic E-state index is -0.385. The highest BCUT2D eigenvalue weighted by Gasteiger charge is 2.11. The van der Waals surface area contributed by atoms with E-state index >= 15 is 0 Å². The molecular weight excluding hydrogens is 578 g/mol. The predicted molar refractivity (Wildman–Crippen MR) is 198 cm³/mol. The van der Waals surface area contributed by atoms with Gasteiger partial charge in [-0.05, 0) is 78.2 Å². The van der Waals surface area contributed by atoms with E-state index in [1.807, 2.05) is 79.0 Å². The van der Waals surface area contributed by atoms with Crippen molar-refractivity contribution >= 4 is 17.9 Å². The number of nitrogens with zero attached hydrogens (tertiary/aromatic N) is 1. The summed E-state index contributed by atoms with van der Waals surface area (Å²) < 4.78 is 11.5. The molecule has 0 amide bonds. The molecule has 47 heavy (non-hydrogen) atoms. The summed E-state index contributed by atoms with van der Waals surface area (Å²) >= 11 is 0. The second-order valence-corrected chi connectivity index (χ2v) is 12.8. The molecule has 0 atom stereocenters. The van der Waals surface area contributed by atoms with Crippen LogP contribution in [0.2, 0.25) is 0 Å². The van der Waals surface area contributed by atoms with Gasteiger partial charge in [-0.3, -0.25) is 4.99 Å². The molecule has 0 spiro atoms. The number of esters is 1. The van der Waals surface area contributed by atoms with Gasteiger partial charge in [-0.25, -0.2) is 4.79 Å². The van der Waals surface area contributed by atoms with Gasteiger partial charge in [0.15, 0.2) is 0 Å². The van der Waals surface area contributed by atoms with Crippen LogP contribution in [-0.2, 0) is 0 Å². The summed E-state index contributed by atoms with van der Waals surface area (Å²) in [6.45, 7) is 3.05. The van der Waals surface area contributed by atoms with Gasteiger partial charge in [-0.1, -0.05) is 140 Å². The van der Waals surface area contributed by atoms with Gasteiger partial charge in [0.1, 0.15) is 11.5 Å². The van der Waals surface area contributed by atoms with Crippen molar-refractivity contribution in [2.24, 2.45) is 4.99 Å². The lowest BCUT2D eigenvalue weighted by Gasteiger charge is -2.08. The summed E-state index contributed by atoms with van der Waals surface area (Å²) in [5.41, 5.74) is 3.42. The fourth-order valence-electron chi connectivity index (χ4n) is 5.90. The fourth-order valence-corrected chi connectivity index (χ4v) is 5.90. The Bertz CT molecular complexity index is 1360. The van der Waals surface area contributed by atoms with Crippen LogP contribution in [0, 0.1) is 0 Å². The second kappa shape index (κ2) is 21.8. The molecule has 4 nitrogen and oxygen atoms in total. The van der Waals surface area contributed by atoms with E-state index < -0.39 is 0 Å². The summed E-state index contributed by atoms with van der Waals surface area (Å²) in [5, 5.41) is 0. The van der Waals surface area contributed by atoms with E-state index in [0.29, 0.717) is 11.3 Å². The molecule has 0 aliphatic heterocycles. The van der Waals surface area contributed by atoms with E-state index in [9.17, 15) is 4.79 Å². The Labute approximate surface area is 284 Å². The van der Waals surface area contributed by atoms with Crippen LogP contribution in [0.25, 0.3) is 0 Å².